The first-order valence-electron chi connectivity index (χ1n) is 8.10. The van der Waals surface area contributed by atoms with Crippen LogP contribution in [0, 0.1) is 0 Å². The van der Waals surface area contributed by atoms with Crippen LogP contribution in [-0.2, 0) is 12.6 Å². The van der Waals surface area contributed by atoms with E-state index in [-0.39, 0.29) is 12.2 Å². The van der Waals surface area contributed by atoms with Gasteiger partial charge in [0.2, 0.25) is 0 Å². The second kappa shape index (κ2) is 8.30. The van der Waals surface area contributed by atoms with Gasteiger partial charge in [-0.25, -0.2) is 9.48 Å². The van der Waals surface area contributed by atoms with Crippen LogP contribution in [-0.4, -0.2) is 27.4 Å². The molecule has 0 radical (unpaired) electrons. The van der Waals surface area contributed by atoms with E-state index in [4.69, 9.17) is 16.3 Å². The van der Waals surface area contributed by atoms with Gasteiger partial charge in [0.15, 0.2) is 11.4 Å². The van der Waals surface area contributed by atoms with Gasteiger partial charge in [-0.05, 0) is 48.4 Å². The molecule has 6 nitrogen and oxygen atoms in total. The van der Waals surface area contributed by atoms with Crippen LogP contribution >= 0.6 is 11.6 Å². The van der Waals surface area contributed by atoms with E-state index in [0.29, 0.717) is 16.1 Å². The summed E-state index contributed by atoms with van der Waals surface area (Å²) in [6.07, 6.45) is -1.26. The molecule has 0 bridgehead atoms. The molecule has 1 amide bonds. The van der Waals surface area contributed by atoms with Crippen LogP contribution in [0.4, 0.5) is 18.0 Å². The molecule has 146 valence electrons. The number of hydrogen-bond acceptors (Lipinski definition) is 4. The van der Waals surface area contributed by atoms with E-state index in [1.807, 2.05) is 0 Å². The molecule has 0 aliphatic heterocycles. The Balaban J connectivity index is 1.72. The van der Waals surface area contributed by atoms with Crippen molar-refractivity contribution in [2.24, 2.45) is 0 Å². The molecule has 0 fully saturated rings. The third kappa shape index (κ3) is 4.80. The van der Waals surface area contributed by atoms with Crippen LogP contribution in [0.1, 0.15) is 11.3 Å². The zero-order valence-electron chi connectivity index (χ0n) is 14.3. The minimum Gasteiger partial charge on any atom is -0.406 e. The first kappa shape index (κ1) is 19.7. The number of halogens is 4. The van der Waals surface area contributed by atoms with E-state index in [0.717, 1.165) is 11.8 Å². The van der Waals surface area contributed by atoms with E-state index in [9.17, 15) is 18.0 Å². The number of amides is 1. The highest BCUT2D eigenvalue weighted by atomic mass is 35.5. The Morgan fingerprint density at radius 1 is 1.14 bits per heavy atom. The summed E-state index contributed by atoms with van der Waals surface area (Å²) < 4.78 is 46.1. The van der Waals surface area contributed by atoms with E-state index in [1.165, 1.54) is 24.3 Å². The van der Waals surface area contributed by atoms with Crippen LogP contribution in [0.2, 0.25) is 5.02 Å². The third-order valence-electron chi connectivity index (χ3n) is 3.71. The van der Waals surface area contributed by atoms with Crippen molar-refractivity contribution >= 4 is 17.7 Å². The molecule has 1 N–H and O–H groups in total. The monoisotopic (exact) mass is 410 g/mol. The van der Waals surface area contributed by atoms with Gasteiger partial charge in [-0.1, -0.05) is 11.6 Å². The fourth-order valence-corrected chi connectivity index (χ4v) is 2.57. The average molecular weight is 411 g/mol. The Labute approximate surface area is 162 Å². The molecule has 2 heterocycles. The molecule has 2 aromatic heterocycles. The number of hydrogen-bond donors (Lipinski definition) is 1. The summed E-state index contributed by atoms with van der Waals surface area (Å²) in [6.45, 7) is 0.190. The number of rotatable bonds is 5. The molecule has 1 aromatic carbocycles. The number of carbonyl (C=O) groups is 1. The number of alkyl halides is 3. The standard InChI is InChI=1S/C18H14ClF3N4O2/c19-13-1-3-14(4-2-13)26-16(18(20,21)22)15(11-25-26)28-17(27)24-10-7-12-5-8-23-9-6-12/h1-6,8-9,11H,7,10H2,(H,24,27). The molecule has 28 heavy (non-hydrogen) atoms. The Hall–Kier alpha value is -3.07. The fraction of sp³-hybridized carbons (Fsp3) is 0.167. The van der Waals surface area contributed by atoms with Gasteiger partial charge in [-0.2, -0.15) is 18.3 Å². The van der Waals surface area contributed by atoms with Gasteiger partial charge in [-0.15, -0.1) is 0 Å². The number of aromatic nitrogens is 3. The lowest BCUT2D eigenvalue weighted by molar-refractivity contribution is -0.143. The maximum Gasteiger partial charge on any atom is 0.437 e. The van der Waals surface area contributed by atoms with Crippen LogP contribution in [0.3, 0.4) is 0 Å². The predicted octanol–water partition coefficient (Wildman–Crippen LogP) is 4.27. The molecular formula is C18H14ClF3N4O2. The van der Waals surface area contributed by atoms with Crippen molar-refractivity contribution < 1.29 is 22.7 Å². The molecule has 0 spiro atoms. The van der Waals surface area contributed by atoms with Gasteiger partial charge in [0, 0.05) is 24.0 Å². The van der Waals surface area contributed by atoms with E-state index in [1.54, 1.807) is 24.5 Å². The first-order valence-corrected chi connectivity index (χ1v) is 8.48. The number of nitrogens with zero attached hydrogens (tertiary/aromatic N) is 3. The Morgan fingerprint density at radius 2 is 1.82 bits per heavy atom. The maximum absolute atomic E-state index is 13.5. The second-order valence-corrected chi connectivity index (χ2v) is 6.10. The Kier molecular flexibility index (Phi) is 5.84. The number of carbonyl (C=O) groups excluding carboxylic acids is 1. The van der Waals surface area contributed by atoms with Crippen LogP contribution in [0.5, 0.6) is 5.75 Å². The molecule has 0 atom stereocenters. The Morgan fingerprint density at radius 3 is 2.46 bits per heavy atom. The second-order valence-electron chi connectivity index (χ2n) is 5.67. The maximum atomic E-state index is 13.5. The number of benzene rings is 1. The minimum absolute atomic E-state index is 0.129. The van der Waals surface area contributed by atoms with Gasteiger partial charge in [0.05, 0.1) is 11.9 Å². The molecule has 0 saturated heterocycles. The number of nitrogens with one attached hydrogen (secondary N) is 1. The van der Waals surface area contributed by atoms with Crippen molar-refractivity contribution in [1.29, 1.82) is 0 Å². The molecule has 3 aromatic rings. The quantitative estimate of drug-likeness (QED) is 0.682. The third-order valence-corrected chi connectivity index (χ3v) is 3.96. The average Bonchev–Trinajstić information content (AvgIpc) is 3.07. The lowest BCUT2D eigenvalue weighted by Gasteiger charge is -2.13. The summed E-state index contributed by atoms with van der Waals surface area (Å²) in [5.74, 6) is -0.691. The Bertz CT molecular complexity index is 944. The predicted molar refractivity (Wildman–Crippen MR) is 95.5 cm³/mol. The lowest BCUT2D eigenvalue weighted by atomic mass is 10.2. The lowest BCUT2D eigenvalue weighted by Crippen LogP contribution is -2.29. The summed E-state index contributed by atoms with van der Waals surface area (Å²) in [4.78, 5) is 15.8. The highest BCUT2D eigenvalue weighted by molar-refractivity contribution is 6.30. The zero-order chi connectivity index (χ0) is 20.1. The van der Waals surface area contributed by atoms with Crippen molar-refractivity contribution in [2.45, 2.75) is 12.6 Å². The molecule has 0 saturated carbocycles. The summed E-state index contributed by atoms with van der Waals surface area (Å²) in [7, 11) is 0. The summed E-state index contributed by atoms with van der Waals surface area (Å²) >= 11 is 5.76. The molecular weight excluding hydrogens is 397 g/mol. The smallest absolute Gasteiger partial charge is 0.406 e. The topological polar surface area (TPSA) is 69.0 Å². The van der Waals surface area contributed by atoms with Crippen molar-refractivity contribution in [3.8, 4) is 11.4 Å². The minimum atomic E-state index is -4.79. The molecule has 10 heteroatoms. The summed E-state index contributed by atoms with van der Waals surface area (Å²) in [5.41, 5.74) is -0.148. The van der Waals surface area contributed by atoms with Crippen LogP contribution in [0.25, 0.3) is 5.69 Å². The number of ether oxygens (including phenoxy) is 1. The van der Waals surface area contributed by atoms with Crippen LogP contribution in [0.15, 0.2) is 55.0 Å². The zero-order valence-corrected chi connectivity index (χ0v) is 15.0. The largest absolute Gasteiger partial charge is 0.437 e. The van der Waals surface area contributed by atoms with Crippen molar-refractivity contribution in [3.63, 3.8) is 0 Å². The number of pyridine rings is 1. The fourth-order valence-electron chi connectivity index (χ4n) is 2.44. The first-order chi connectivity index (χ1) is 13.3. The van der Waals surface area contributed by atoms with Gasteiger partial charge < -0.3 is 10.1 Å². The van der Waals surface area contributed by atoms with E-state index < -0.39 is 23.7 Å². The molecule has 3 rings (SSSR count). The van der Waals surface area contributed by atoms with Crippen molar-refractivity contribution in [2.75, 3.05) is 6.54 Å². The summed E-state index contributed by atoms with van der Waals surface area (Å²) in [5, 5.41) is 6.49. The van der Waals surface area contributed by atoms with Crippen molar-refractivity contribution in [3.05, 3.63) is 71.3 Å². The molecule has 0 aliphatic carbocycles. The normalized spacial score (nSPS) is 11.3. The van der Waals surface area contributed by atoms with Gasteiger partial charge in [-0.3, -0.25) is 4.98 Å². The van der Waals surface area contributed by atoms with Gasteiger partial charge in [0.1, 0.15) is 0 Å². The van der Waals surface area contributed by atoms with Crippen molar-refractivity contribution in [1.82, 2.24) is 20.1 Å². The SMILES string of the molecule is O=C(NCCc1ccncc1)Oc1cnn(-c2ccc(Cl)cc2)c1C(F)(F)F. The van der Waals surface area contributed by atoms with Gasteiger partial charge >= 0.3 is 12.3 Å². The van der Waals surface area contributed by atoms with E-state index >= 15 is 0 Å². The van der Waals surface area contributed by atoms with Gasteiger partial charge in [0.25, 0.3) is 0 Å². The summed E-state index contributed by atoms with van der Waals surface area (Å²) in [6, 6.07) is 9.16. The van der Waals surface area contributed by atoms with Crippen LogP contribution < -0.4 is 10.1 Å². The highest BCUT2D eigenvalue weighted by Crippen LogP contribution is 2.37. The molecule has 0 aliphatic rings. The highest BCUT2D eigenvalue weighted by Gasteiger charge is 2.40. The molecule has 0 unspecified atom stereocenters. The van der Waals surface area contributed by atoms with E-state index in [2.05, 4.69) is 15.4 Å².